The molecule has 1 aromatic heterocycles. The fourth-order valence-electron chi connectivity index (χ4n) is 4.48. The van der Waals surface area contributed by atoms with E-state index in [2.05, 4.69) is 4.98 Å². The van der Waals surface area contributed by atoms with E-state index in [1.165, 1.54) is 11.0 Å². The van der Waals surface area contributed by atoms with Crippen molar-refractivity contribution in [1.82, 2.24) is 15.0 Å². The minimum absolute atomic E-state index is 0.0981. The Morgan fingerprint density at radius 3 is 2.49 bits per heavy atom. The number of carbonyl (C=O) groups excluding carboxylic acids is 2. The molecule has 0 aliphatic carbocycles. The van der Waals surface area contributed by atoms with Crippen LogP contribution in [0.25, 0.3) is 11.1 Å². The number of pyridine rings is 1. The maximum atomic E-state index is 14.9. The zero-order valence-electron chi connectivity index (χ0n) is 20.0. The summed E-state index contributed by atoms with van der Waals surface area (Å²) in [5, 5.41) is 0.187. The molecule has 35 heavy (non-hydrogen) atoms. The topological polar surface area (TPSA) is 53.5 Å². The second kappa shape index (κ2) is 10.8. The van der Waals surface area contributed by atoms with E-state index >= 15 is 0 Å². The Morgan fingerprint density at radius 1 is 1.09 bits per heavy atom. The molecule has 2 amide bonds. The van der Waals surface area contributed by atoms with Crippen molar-refractivity contribution >= 4 is 11.8 Å². The first kappa shape index (κ1) is 24.5. The molecule has 0 spiro atoms. The number of likely N-dealkylation sites (tertiary alicyclic amines) is 1. The van der Waals surface area contributed by atoms with Gasteiger partial charge in [0.25, 0.3) is 5.91 Å². The first-order valence-electron chi connectivity index (χ1n) is 11.9. The summed E-state index contributed by atoms with van der Waals surface area (Å²) in [6.45, 7) is 4.10. The summed E-state index contributed by atoms with van der Waals surface area (Å²) in [6.07, 6.45) is 4.47. The van der Waals surface area contributed by atoms with Crippen LogP contribution >= 0.6 is 0 Å². The number of rotatable bonds is 7. The van der Waals surface area contributed by atoms with Crippen molar-refractivity contribution in [3.05, 3.63) is 89.5 Å². The Morgan fingerprint density at radius 2 is 1.83 bits per heavy atom. The molecule has 3 aromatic rings. The third-order valence-electron chi connectivity index (χ3n) is 6.41. The van der Waals surface area contributed by atoms with Gasteiger partial charge in [-0.15, -0.1) is 0 Å². The van der Waals surface area contributed by atoms with E-state index in [4.69, 9.17) is 0 Å². The van der Waals surface area contributed by atoms with Crippen molar-refractivity contribution in [3.8, 4) is 11.1 Å². The molecule has 1 aliphatic heterocycles. The molecule has 1 aliphatic rings. The van der Waals surface area contributed by atoms with Gasteiger partial charge in [-0.1, -0.05) is 60.8 Å². The number of amides is 2. The minimum atomic E-state index is -0.800. The average molecular weight is 478 g/mol. The van der Waals surface area contributed by atoms with E-state index in [-0.39, 0.29) is 35.7 Å². The van der Waals surface area contributed by atoms with Crippen molar-refractivity contribution < 1.29 is 18.5 Å². The van der Waals surface area contributed by atoms with Crippen LogP contribution in [0.1, 0.15) is 49.3 Å². The summed E-state index contributed by atoms with van der Waals surface area (Å²) in [5.74, 6) is -1.07. The highest BCUT2D eigenvalue weighted by Gasteiger charge is 2.36. The zero-order chi connectivity index (χ0) is 24.9. The smallest absolute Gasteiger partial charge is 0.273 e. The molecule has 1 atom stereocenters. The lowest BCUT2D eigenvalue weighted by Gasteiger charge is -2.26. The van der Waals surface area contributed by atoms with Crippen LogP contribution in [0.2, 0.25) is 0 Å². The van der Waals surface area contributed by atoms with Gasteiger partial charge >= 0.3 is 0 Å². The number of benzene rings is 2. The van der Waals surface area contributed by atoms with Gasteiger partial charge < -0.3 is 4.90 Å². The van der Waals surface area contributed by atoms with Crippen LogP contribution in [-0.4, -0.2) is 39.4 Å². The van der Waals surface area contributed by atoms with Gasteiger partial charge in [0.2, 0.25) is 5.91 Å². The Bertz CT molecular complexity index is 1180. The number of halogens is 2. The highest BCUT2D eigenvalue weighted by atomic mass is 19.2. The fraction of sp³-hybridized carbons (Fsp3) is 0.321. The molecule has 1 fully saturated rings. The molecule has 1 saturated heterocycles. The van der Waals surface area contributed by atoms with Crippen LogP contribution in [0.4, 0.5) is 8.87 Å². The standard InChI is InChI=1S/C28H29F2N3O2/c1-19(2)24-12-11-23(16-25(24)29)22-9-7-20(8-10-22)18-33(30)28(35)26-6-4-14-32(26)27(34)15-21-5-3-13-31-17-21/h3,5,7-13,16-17,19,26H,4,6,14-15,18H2,1-2H3. The first-order chi connectivity index (χ1) is 16.8. The van der Waals surface area contributed by atoms with E-state index in [9.17, 15) is 18.5 Å². The summed E-state index contributed by atoms with van der Waals surface area (Å²) in [4.78, 5) is 31.1. The largest absolute Gasteiger partial charge is 0.330 e. The SMILES string of the molecule is CC(C)c1ccc(-c2ccc(CN(F)C(=O)C3CCCN3C(=O)Cc3cccnc3)cc2)cc1F. The summed E-state index contributed by atoms with van der Waals surface area (Å²) in [5.41, 5.74) is 3.57. The van der Waals surface area contributed by atoms with Crippen LogP contribution in [0.5, 0.6) is 0 Å². The van der Waals surface area contributed by atoms with Gasteiger partial charge in [-0.05, 0) is 58.7 Å². The van der Waals surface area contributed by atoms with Crippen molar-refractivity contribution in [3.63, 3.8) is 0 Å². The third-order valence-corrected chi connectivity index (χ3v) is 6.41. The Kier molecular flexibility index (Phi) is 7.54. The molecular weight excluding hydrogens is 448 g/mol. The Labute approximate surface area is 204 Å². The normalized spacial score (nSPS) is 15.5. The molecule has 5 nitrogen and oxygen atoms in total. The first-order valence-corrected chi connectivity index (χ1v) is 11.9. The van der Waals surface area contributed by atoms with Gasteiger partial charge in [-0.2, -0.15) is 5.12 Å². The number of carbonyl (C=O) groups is 2. The lowest BCUT2D eigenvalue weighted by atomic mass is 9.97. The fourth-order valence-corrected chi connectivity index (χ4v) is 4.48. The Balaban J connectivity index is 1.39. The number of hydrogen-bond acceptors (Lipinski definition) is 3. The summed E-state index contributed by atoms with van der Waals surface area (Å²) < 4.78 is 29.2. The van der Waals surface area contributed by atoms with Gasteiger partial charge in [0.15, 0.2) is 0 Å². The molecule has 2 heterocycles. The lowest BCUT2D eigenvalue weighted by molar-refractivity contribution is -0.156. The molecule has 0 bridgehead atoms. The van der Waals surface area contributed by atoms with E-state index in [0.717, 1.165) is 16.7 Å². The molecule has 182 valence electrons. The van der Waals surface area contributed by atoms with Gasteiger partial charge in [0.05, 0.1) is 13.0 Å². The predicted octanol–water partition coefficient (Wildman–Crippen LogP) is 5.46. The molecule has 1 unspecified atom stereocenters. The van der Waals surface area contributed by atoms with Gasteiger partial charge in [-0.3, -0.25) is 14.6 Å². The average Bonchev–Trinajstić information content (AvgIpc) is 3.34. The maximum absolute atomic E-state index is 14.9. The molecule has 0 radical (unpaired) electrons. The highest BCUT2D eigenvalue weighted by molar-refractivity contribution is 5.88. The van der Waals surface area contributed by atoms with Gasteiger partial charge in [-0.25, -0.2) is 4.39 Å². The molecule has 0 saturated carbocycles. The molecule has 7 heteroatoms. The second-order valence-corrected chi connectivity index (χ2v) is 9.23. The second-order valence-electron chi connectivity index (χ2n) is 9.23. The van der Waals surface area contributed by atoms with E-state index in [1.807, 2.05) is 19.9 Å². The van der Waals surface area contributed by atoms with Crippen molar-refractivity contribution in [1.29, 1.82) is 0 Å². The zero-order valence-corrected chi connectivity index (χ0v) is 20.0. The van der Waals surface area contributed by atoms with Gasteiger partial charge in [0, 0.05) is 18.9 Å². The van der Waals surface area contributed by atoms with Crippen molar-refractivity contribution in [2.75, 3.05) is 6.54 Å². The van der Waals surface area contributed by atoms with Crippen LogP contribution in [0.15, 0.2) is 67.0 Å². The molecule has 2 aromatic carbocycles. The summed E-state index contributed by atoms with van der Waals surface area (Å²) in [6, 6.07) is 14.9. The van der Waals surface area contributed by atoms with Crippen LogP contribution in [-0.2, 0) is 22.6 Å². The monoisotopic (exact) mass is 477 g/mol. The highest BCUT2D eigenvalue weighted by Crippen LogP contribution is 2.27. The number of nitrogens with zero attached hydrogens (tertiary/aromatic N) is 3. The number of aromatic nitrogens is 1. The number of hydrogen-bond donors (Lipinski definition) is 0. The van der Waals surface area contributed by atoms with Crippen molar-refractivity contribution in [2.24, 2.45) is 0 Å². The minimum Gasteiger partial charge on any atom is -0.330 e. The van der Waals surface area contributed by atoms with Crippen LogP contribution in [0.3, 0.4) is 0 Å². The predicted molar refractivity (Wildman–Crippen MR) is 130 cm³/mol. The van der Waals surface area contributed by atoms with E-state index in [0.29, 0.717) is 30.5 Å². The van der Waals surface area contributed by atoms with Crippen molar-refractivity contribution in [2.45, 2.75) is 51.6 Å². The van der Waals surface area contributed by atoms with Crippen LogP contribution in [0, 0.1) is 5.82 Å². The summed E-state index contributed by atoms with van der Waals surface area (Å²) >= 11 is 0. The Hall–Kier alpha value is -3.61. The lowest BCUT2D eigenvalue weighted by Crippen LogP contribution is -2.45. The summed E-state index contributed by atoms with van der Waals surface area (Å²) in [7, 11) is 0. The molecule has 4 rings (SSSR count). The quantitative estimate of drug-likeness (QED) is 0.425. The van der Waals surface area contributed by atoms with E-state index < -0.39 is 11.9 Å². The van der Waals surface area contributed by atoms with Gasteiger partial charge in [0.1, 0.15) is 11.9 Å². The van der Waals surface area contributed by atoms with E-state index in [1.54, 1.807) is 54.9 Å². The maximum Gasteiger partial charge on any atom is 0.273 e. The molecular formula is C28H29F2N3O2. The van der Waals surface area contributed by atoms with Crippen LogP contribution < -0.4 is 0 Å². The third kappa shape index (κ3) is 5.73. The molecule has 0 N–H and O–H groups in total.